The highest BCUT2D eigenvalue weighted by molar-refractivity contribution is 5.69. The average Bonchev–Trinajstić information content (AvgIpc) is 2.45. The third kappa shape index (κ3) is 4.47. The Balaban J connectivity index is 2.26. The maximum atomic E-state index is 12.6. The number of rotatable bonds is 2. The molecule has 0 aliphatic carbocycles. The third-order valence-electron chi connectivity index (χ3n) is 4.40. The van der Waals surface area contributed by atoms with Gasteiger partial charge in [0, 0.05) is 24.5 Å². The first-order valence-electron chi connectivity index (χ1n) is 8.53. The van der Waals surface area contributed by atoms with Crippen molar-refractivity contribution in [1.82, 2.24) is 4.90 Å². The lowest BCUT2D eigenvalue weighted by molar-refractivity contribution is 0.00339. The largest absolute Gasteiger partial charge is 0.444 e. The van der Waals surface area contributed by atoms with Gasteiger partial charge in [0.2, 0.25) is 0 Å². The Morgan fingerprint density at radius 3 is 2.43 bits per heavy atom. The average molecular weight is 318 g/mol. The molecule has 2 rings (SSSR count). The van der Waals surface area contributed by atoms with Crippen LogP contribution in [0.2, 0.25) is 0 Å². The van der Waals surface area contributed by atoms with Gasteiger partial charge in [-0.05, 0) is 46.1 Å². The number of aryl methyl sites for hydroxylation is 1. The summed E-state index contributed by atoms with van der Waals surface area (Å²) in [4.78, 5) is 14.4. The lowest BCUT2D eigenvalue weighted by Crippen LogP contribution is -2.55. The molecule has 0 radical (unpaired) electrons. The number of benzene rings is 1. The molecule has 1 heterocycles. The van der Waals surface area contributed by atoms with E-state index in [0.717, 1.165) is 12.8 Å². The van der Waals surface area contributed by atoms with Crippen molar-refractivity contribution in [3.05, 3.63) is 35.4 Å². The van der Waals surface area contributed by atoms with E-state index < -0.39 is 5.60 Å². The van der Waals surface area contributed by atoms with Crippen LogP contribution in [0.4, 0.5) is 4.79 Å². The van der Waals surface area contributed by atoms with Crippen LogP contribution in [0, 0.1) is 6.92 Å². The SMILES string of the molecule is CCC1C(c2ccc(C)cc2)CC(N)CN1C(=O)OC(C)(C)C. The molecule has 1 amide bonds. The van der Waals surface area contributed by atoms with E-state index in [1.807, 2.05) is 25.7 Å². The predicted molar refractivity (Wildman–Crippen MR) is 93.5 cm³/mol. The molecule has 0 spiro atoms. The maximum Gasteiger partial charge on any atom is 0.410 e. The Labute approximate surface area is 140 Å². The first kappa shape index (κ1) is 17.8. The van der Waals surface area contributed by atoms with E-state index in [-0.39, 0.29) is 24.1 Å². The zero-order valence-corrected chi connectivity index (χ0v) is 15.0. The number of piperidine rings is 1. The number of carbonyl (C=O) groups excluding carboxylic acids is 1. The summed E-state index contributed by atoms with van der Waals surface area (Å²) in [5.41, 5.74) is 8.26. The van der Waals surface area contributed by atoms with Crippen LogP contribution in [0.1, 0.15) is 57.6 Å². The molecular weight excluding hydrogens is 288 g/mol. The molecule has 0 aromatic heterocycles. The second-order valence-electron chi connectivity index (χ2n) is 7.62. The Morgan fingerprint density at radius 2 is 1.91 bits per heavy atom. The van der Waals surface area contributed by atoms with E-state index in [9.17, 15) is 4.79 Å². The number of hydrogen-bond acceptors (Lipinski definition) is 3. The van der Waals surface area contributed by atoms with Crippen molar-refractivity contribution in [3.63, 3.8) is 0 Å². The molecule has 1 aliphatic heterocycles. The first-order chi connectivity index (χ1) is 10.7. The van der Waals surface area contributed by atoms with Crippen LogP contribution >= 0.6 is 0 Å². The molecule has 1 aliphatic rings. The van der Waals surface area contributed by atoms with Crippen molar-refractivity contribution in [2.45, 2.75) is 71.1 Å². The Morgan fingerprint density at radius 1 is 1.30 bits per heavy atom. The van der Waals surface area contributed by atoms with E-state index in [4.69, 9.17) is 10.5 Å². The summed E-state index contributed by atoms with van der Waals surface area (Å²) in [6, 6.07) is 8.69. The van der Waals surface area contributed by atoms with Crippen molar-refractivity contribution in [2.24, 2.45) is 5.73 Å². The Kier molecular flexibility index (Phi) is 5.35. The fourth-order valence-electron chi connectivity index (χ4n) is 3.37. The van der Waals surface area contributed by atoms with E-state index in [2.05, 4.69) is 38.1 Å². The number of amides is 1. The number of ether oxygens (including phenoxy) is 1. The minimum atomic E-state index is -0.490. The Hall–Kier alpha value is -1.55. The second kappa shape index (κ2) is 6.91. The topological polar surface area (TPSA) is 55.6 Å². The second-order valence-corrected chi connectivity index (χ2v) is 7.62. The van der Waals surface area contributed by atoms with E-state index >= 15 is 0 Å². The van der Waals surface area contributed by atoms with Crippen molar-refractivity contribution in [3.8, 4) is 0 Å². The van der Waals surface area contributed by atoms with Crippen LogP contribution in [-0.4, -0.2) is 35.2 Å². The first-order valence-corrected chi connectivity index (χ1v) is 8.53. The molecule has 4 heteroatoms. The standard InChI is InChI=1S/C19H30N2O2/c1-6-17-16(14-9-7-13(2)8-10-14)11-15(20)12-21(17)18(22)23-19(3,4)5/h7-10,15-17H,6,11-12,20H2,1-5H3. The lowest BCUT2D eigenvalue weighted by atomic mass is 9.80. The van der Waals surface area contributed by atoms with E-state index in [1.54, 1.807) is 0 Å². The zero-order valence-electron chi connectivity index (χ0n) is 15.0. The van der Waals surface area contributed by atoms with Crippen LogP contribution in [0.25, 0.3) is 0 Å². The molecule has 1 aromatic carbocycles. The van der Waals surface area contributed by atoms with Gasteiger partial charge in [0.15, 0.2) is 0 Å². The quantitative estimate of drug-likeness (QED) is 0.901. The van der Waals surface area contributed by atoms with Gasteiger partial charge in [-0.3, -0.25) is 0 Å². The molecule has 3 unspecified atom stereocenters. The minimum Gasteiger partial charge on any atom is -0.444 e. The van der Waals surface area contributed by atoms with Crippen LogP contribution in [0.3, 0.4) is 0 Å². The van der Waals surface area contributed by atoms with Crippen molar-refractivity contribution in [1.29, 1.82) is 0 Å². The summed E-state index contributed by atoms with van der Waals surface area (Å²) >= 11 is 0. The van der Waals surface area contributed by atoms with Crippen molar-refractivity contribution < 1.29 is 9.53 Å². The predicted octanol–water partition coefficient (Wildman–Crippen LogP) is 3.83. The van der Waals surface area contributed by atoms with Crippen LogP contribution < -0.4 is 5.73 Å². The molecule has 0 bridgehead atoms. The molecule has 1 aromatic rings. The van der Waals surface area contributed by atoms with Crippen molar-refractivity contribution >= 4 is 6.09 Å². The normalized spacial score (nSPS) is 25.3. The molecule has 23 heavy (non-hydrogen) atoms. The highest BCUT2D eigenvalue weighted by Crippen LogP contribution is 2.35. The van der Waals surface area contributed by atoms with Gasteiger partial charge in [-0.1, -0.05) is 36.8 Å². The van der Waals surface area contributed by atoms with Gasteiger partial charge in [0.1, 0.15) is 5.60 Å². The van der Waals surface area contributed by atoms with E-state index in [0.29, 0.717) is 6.54 Å². The molecular formula is C19H30N2O2. The van der Waals surface area contributed by atoms with Gasteiger partial charge in [0.05, 0.1) is 0 Å². The zero-order chi connectivity index (χ0) is 17.2. The molecule has 1 saturated heterocycles. The van der Waals surface area contributed by atoms with Crippen molar-refractivity contribution in [2.75, 3.05) is 6.54 Å². The fraction of sp³-hybridized carbons (Fsp3) is 0.632. The number of carbonyl (C=O) groups is 1. The number of hydrogen-bond donors (Lipinski definition) is 1. The Bertz CT molecular complexity index is 533. The summed E-state index contributed by atoms with van der Waals surface area (Å²) < 4.78 is 5.59. The van der Waals surface area contributed by atoms with Crippen LogP contribution in [0.15, 0.2) is 24.3 Å². The third-order valence-corrected chi connectivity index (χ3v) is 4.40. The summed E-state index contributed by atoms with van der Waals surface area (Å²) in [5.74, 6) is 0.261. The van der Waals surface area contributed by atoms with Gasteiger partial charge in [-0.15, -0.1) is 0 Å². The number of nitrogens with zero attached hydrogens (tertiary/aromatic N) is 1. The molecule has 3 atom stereocenters. The molecule has 1 fully saturated rings. The molecule has 0 saturated carbocycles. The number of likely N-dealkylation sites (tertiary alicyclic amines) is 1. The molecule has 2 N–H and O–H groups in total. The van der Waals surface area contributed by atoms with E-state index in [1.165, 1.54) is 11.1 Å². The summed E-state index contributed by atoms with van der Waals surface area (Å²) in [5, 5.41) is 0. The van der Waals surface area contributed by atoms with Gasteiger partial charge in [-0.2, -0.15) is 0 Å². The molecule has 128 valence electrons. The molecule has 4 nitrogen and oxygen atoms in total. The summed E-state index contributed by atoms with van der Waals surface area (Å²) in [6.45, 7) is 10.5. The van der Waals surface area contributed by atoms with Gasteiger partial charge >= 0.3 is 6.09 Å². The highest BCUT2D eigenvalue weighted by atomic mass is 16.6. The van der Waals surface area contributed by atoms with Crippen LogP contribution in [0.5, 0.6) is 0 Å². The summed E-state index contributed by atoms with van der Waals surface area (Å²) in [7, 11) is 0. The fourth-order valence-corrected chi connectivity index (χ4v) is 3.37. The minimum absolute atomic E-state index is 0.0170. The smallest absolute Gasteiger partial charge is 0.410 e. The van der Waals surface area contributed by atoms with Gasteiger partial charge < -0.3 is 15.4 Å². The summed E-state index contributed by atoms with van der Waals surface area (Å²) in [6.07, 6.45) is 1.54. The van der Waals surface area contributed by atoms with Crippen LogP contribution in [-0.2, 0) is 4.74 Å². The van der Waals surface area contributed by atoms with Gasteiger partial charge in [0.25, 0.3) is 0 Å². The highest BCUT2D eigenvalue weighted by Gasteiger charge is 2.38. The lowest BCUT2D eigenvalue weighted by Gasteiger charge is -2.44. The number of nitrogens with two attached hydrogens (primary N) is 1. The monoisotopic (exact) mass is 318 g/mol. The van der Waals surface area contributed by atoms with Gasteiger partial charge in [-0.25, -0.2) is 4.79 Å². The maximum absolute atomic E-state index is 12.6.